The average Bonchev–Trinajstić information content (AvgIpc) is 3.38. The lowest BCUT2D eigenvalue weighted by atomic mass is 9.81. The number of rotatable bonds is 11. The Morgan fingerprint density at radius 1 is 1.29 bits per heavy atom. The molecule has 3 heterocycles. The Hall–Kier alpha value is -2.90. The molecule has 0 aliphatic carbocycles. The van der Waals surface area contributed by atoms with Crippen molar-refractivity contribution in [2.45, 2.75) is 44.6 Å². The van der Waals surface area contributed by atoms with Crippen LogP contribution in [0.2, 0.25) is 0 Å². The number of fused-ring (bicyclic) bond motifs is 1. The number of benzene rings is 1. The molecule has 7 heteroatoms. The highest BCUT2D eigenvalue weighted by atomic mass is 16.5. The molecule has 3 aromatic rings. The number of unbranched alkanes of at least 4 members (excludes halogenated alkanes) is 1. The van der Waals surface area contributed by atoms with Gasteiger partial charge >= 0.3 is 5.97 Å². The quantitative estimate of drug-likeness (QED) is 0.396. The molecule has 0 unspecified atom stereocenters. The van der Waals surface area contributed by atoms with Crippen molar-refractivity contribution in [3.63, 3.8) is 0 Å². The molecule has 7 nitrogen and oxygen atoms in total. The molecule has 1 aromatic carbocycles. The number of carboxylic acid groups (broad SMARTS) is 1. The van der Waals surface area contributed by atoms with Crippen LogP contribution in [0.1, 0.15) is 49.5 Å². The second-order valence-electron chi connectivity index (χ2n) is 9.21. The first-order valence-corrected chi connectivity index (χ1v) is 12.1. The van der Waals surface area contributed by atoms with E-state index in [1.54, 1.807) is 19.6 Å². The summed E-state index contributed by atoms with van der Waals surface area (Å²) in [6.45, 7) is 2.39. The van der Waals surface area contributed by atoms with Crippen LogP contribution >= 0.6 is 0 Å². The number of aryl methyl sites for hydroxylation is 1. The molecule has 34 heavy (non-hydrogen) atoms. The number of aliphatic carboxylic acids is 1. The lowest BCUT2D eigenvalue weighted by molar-refractivity contribution is -0.146. The van der Waals surface area contributed by atoms with Gasteiger partial charge in [-0.15, -0.1) is 0 Å². The van der Waals surface area contributed by atoms with Crippen LogP contribution in [0, 0.1) is 11.8 Å². The number of aromatic nitrogens is 1. The Bertz CT molecular complexity index is 1070. The number of aliphatic hydroxyl groups excluding tert-OH is 1. The number of ether oxygens (including phenoxy) is 1. The Balaban J connectivity index is 1.31. The topological polar surface area (TPSA) is 96.0 Å². The van der Waals surface area contributed by atoms with Crippen molar-refractivity contribution in [1.29, 1.82) is 0 Å². The van der Waals surface area contributed by atoms with Crippen LogP contribution in [0.4, 0.5) is 0 Å². The molecule has 1 aliphatic rings. The van der Waals surface area contributed by atoms with Crippen LogP contribution in [0.15, 0.2) is 53.3 Å². The Kier molecular flexibility index (Phi) is 8.19. The van der Waals surface area contributed by atoms with E-state index in [4.69, 9.17) is 9.15 Å². The van der Waals surface area contributed by atoms with E-state index in [9.17, 15) is 15.0 Å². The molecule has 0 radical (unpaired) electrons. The van der Waals surface area contributed by atoms with Gasteiger partial charge in [0.2, 0.25) is 0 Å². The molecule has 3 atom stereocenters. The molecule has 4 rings (SSSR count). The second-order valence-corrected chi connectivity index (χ2v) is 9.21. The van der Waals surface area contributed by atoms with Crippen LogP contribution in [0.5, 0.6) is 5.75 Å². The van der Waals surface area contributed by atoms with Gasteiger partial charge in [0.25, 0.3) is 0 Å². The largest absolute Gasteiger partial charge is 0.497 e. The SMILES string of the molecule is COc1ccc2nccc([C@H](O)CC[C@@H]3CCN(CCCCc4ccco4)C[C@@H]3C(=O)O)c2c1. The van der Waals surface area contributed by atoms with Crippen LogP contribution in [0.25, 0.3) is 10.9 Å². The number of pyridine rings is 1. The van der Waals surface area contributed by atoms with Gasteiger partial charge < -0.3 is 24.3 Å². The van der Waals surface area contributed by atoms with E-state index >= 15 is 0 Å². The van der Waals surface area contributed by atoms with Crippen LogP contribution in [0.3, 0.4) is 0 Å². The number of likely N-dealkylation sites (tertiary alicyclic amines) is 1. The second kappa shape index (κ2) is 11.5. The molecule has 0 spiro atoms. The van der Waals surface area contributed by atoms with Gasteiger partial charge in [0.05, 0.1) is 30.9 Å². The minimum absolute atomic E-state index is 0.0640. The molecule has 1 saturated heterocycles. The molecule has 1 fully saturated rings. The molecule has 0 saturated carbocycles. The fourth-order valence-corrected chi connectivity index (χ4v) is 5.08. The van der Waals surface area contributed by atoms with Gasteiger partial charge in [0.15, 0.2) is 0 Å². The Morgan fingerprint density at radius 3 is 2.94 bits per heavy atom. The predicted molar refractivity (Wildman–Crippen MR) is 130 cm³/mol. The summed E-state index contributed by atoms with van der Waals surface area (Å²) >= 11 is 0. The first-order chi connectivity index (χ1) is 16.5. The van der Waals surface area contributed by atoms with Crippen molar-refractivity contribution in [3.05, 3.63) is 60.2 Å². The maximum atomic E-state index is 12.0. The third-order valence-electron chi connectivity index (χ3n) is 7.04. The van der Waals surface area contributed by atoms with E-state index in [1.807, 2.05) is 36.4 Å². The highest BCUT2D eigenvalue weighted by Crippen LogP contribution is 2.33. The summed E-state index contributed by atoms with van der Waals surface area (Å²) in [6, 6.07) is 11.4. The van der Waals surface area contributed by atoms with E-state index in [0.29, 0.717) is 19.4 Å². The standard InChI is InChI=1S/C27H34N2O5/c1-33-21-8-9-25-23(17-21)22(11-13-28-25)26(30)10-7-19-12-15-29(18-24(19)27(31)32)14-3-2-5-20-6-4-16-34-20/h4,6,8-9,11,13,16-17,19,24,26,30H,2-3,5,7,10,12,14-15,18H2,1H3,(H,31,32)/t19-,24+,26-/m1/s1. The maximum absolute atomic E-state index is 12.0. The zero-order valence-electron chi connectivity index (χ0n) is 19.7. The summed E-state index contributed by atoms with van der Waals surface area (Å²) < 4.78 is 10.7. The molecule has 1 aliphatic heterocycles. The molecule has 0 bridgehead atoms. The van der Waals surface area contributed by atoms with Gasteiger partial charge in [-0.2, -0.15) is 0 Å². The zero-order chi connectivity index (χ0) is 23.9. The summed E-state index contributed by atoms with van der Waals surface area (Å²) in [5, 5.41) is 21.7. The highest BCUT2D eigenvalue weighted by molar-refractivity contribution is 5.83. The van der Waals surface area contributed by atoms with Gasteiger partial charge in [-0.3, -0.25) is 9.78 Å². The number of carbonyl (C=O) groups is 1. The van der Waals surface area contributed by atoms with E-state index in [-0.39, 0.29) is 5.92 Å². The monoisotopic (exact) mass is 466 g/mol. The number of nitrogens with zero attached hydrogens (tertiary/aromatic N) is 2. The molecule has 182 valence electrons. The number of hydrogen-bond donors (Lipinski definition) is 2. The summed E-state index contributed by atoms with van der Waals surface area (Å²) in [6.07, 6.45) is 7.74. The van der Waals surface area contributed by atoms with Gasteiger partial charge in [-0.1, -0.05) is 0 Å². The molecule has 2 N–H and O–H groups in total. The van der Waals surface area contributed by atoms with Crippen LogP contribution in [-0.2, 0) is 11.2 Å². The number of carboxylic acids is 1. The fraction of sp³-hybridized carbons (Fsp3) is 0.481. The van der Waals surface area contributed by atoms with Crippen molar-refractivity contribution in [3.8, 4) is 5.75 Å². The summed E-state index contributed by atoms with van der Waals surface area (Å²) in [7, 11) is 1.62. The van der Waals surface area contributed by atoms with Gasteiger partial charge in [0, 0.05) is 24.5 Å². The lowest BCUT2D eigenvalue weighted by Gasteiger charge is -2.37. The number of hydrogen-bond acceptors (Lipinski definition) is 6. The zero-order valence-corrected chi connectivity index (χ0v) is 19.7. The third kappa shape index (κ3) is 5.96. The first-order valence-electron chi connectivity index (χ1n) is 12.1. The predicted octanol–water partition coefficient (Wildman–Crippen LogP) is 4.70. The minimum atomic E-state index is -0.737. The smallest absolute Gasteiger partial charge is 0.308 e. The highest BCUT2D eigenvalue weighted by Gasteiger charge is 2.34. The molecule has 0 amide bonds. The number of methoxy groups -OCH3 is 1. The Labute approximate surface area is 200 Å². The minimum Gasteiger partial charge on any atom is -0.497 e. The van der Waals surface area contributed by atoms with Crippen molar-refractivity contribution in [1.82, 2.24) is 9.88 Å². The number of piperidine rings is 1. The molecular formula is C27H34N2O5. The fourth-order valence-electron chi connectivity index (χ4n) is 5.08. The van der Waals surface area contributed by atoms with E-state index in [0.717, 1.165) is 66.7 Å². The van der Waals surface area contributed by atoms with Crippen molar-refractivity contribution >= 4 is 16.9 Å². The normalized spacial score (nSPS) is 19.8. The third-order valence-corrected chi connectivity index (χ3v) is 7.04. The summed E-state index contributed by atoms with van der Waals surface area (Å²) in [5.41, 5.74) is 1.62. The van der Waals surface area contributed by atoms with Crippen molar-refractivity contribution in [2.24, 2.45) is 11.8 Å². The first kappa shape index (κ1) is 24.2. The summed E-state index contributed by atoms with van der Waals surface area (Å²) in [5.74, 6) is 0.644. The van der Waals surface area contributed by atoms with Crippen LogP contribution < -0.4 is 4.74 Å². The molecule has 2 aromatic heterocycles. The van der Waals surface area contributed by atoms with E-state index in [1.165, 1.54) is 0 Å². The lowest BCUT2D eigenvalue weighted by Crippen LogP contribution is -2.44. The van der Waals surface area contributed by atoms with Gasteiger partial charge in [0.1, 0.15) is 11.5 Å². The Morgan fingerprint density at radius 2 is 2.18 bits per heavy atom. The van der Waals surface area contributed by atoms with Crippen LogP contribution in [-0.4, -0.2) is 52.8 Å². The number of furan rings is 1. The van der Waals surface area contributed by atoms with E-state index < -0.39 is 18.0 Å². The summed E-state index contributed by atoms with van der Waals surface area (Å²) in [4.78, 5) is 18.7. The number of aliphatic hydroxyl groups is 1. The molecular weight excluding hydrogens is 432 g/mol. The average molecular weight is 467 g/mol. The van der Waals surface area contributed by atoms with Gasteiger partial charge in [-0.25, -0.2) is 0 Å². The van der Waals surface area contributed by atoms with E-state index in [2.05, 4.69) is 9.88 Å². The maximum Gasteiger partial charge on any atom is 0.308 e. The van der Waals surface area contributed by atoms with Gasteiger partial charge in [-0.05, 0) is 93.1 Å². The van der Waals surface area contributed by atoms with Crippen molar-refractivity contribution in [2.75, 3.05) is 26.7 Å². The van der Waals surface area contributed by atoms with Crippen molar-refractivity contribution < 1.29 is 24.2 Å².